The van der Waals surface area contributed by atoms with Crippen LogP contribution in [0.15, 0.2) is 18.2 Å². The molecule has 1 aromatic rings. The van der Waals surface area contributed by atoms with Crippen LogP contribution in [0.2, 0.25) is 19.6 Å². The van der Waals surface area contributed by atoms with Gasteiger partial charge in [0.2, 0.25) is 0 Å². The predicted octanol–water partition coefficient (Wildman–Crippen LogP) is 3.44. The van der Waals surface area contributed by atoms with Gasteiger partial charge in [0.05, 0.1) is 19.2 Å². The third-order valence-electron chi connectivity index (χ3n) is 2.34. The van der Waals surface area contributed by atoms with E-state index in [9.17, 15) is 4.79 Å². The summed E-state index contributed by atoms with van der Waals surface area (Å²) in [6.07, 6.45) is 0. The van der Waals surface area contributed by atoms with Gasteiger partial charge in [0.15, 0.2) is 5.69 Å². The van der Waals surface area contributed by atoms with Crippen molar-refractivity contribution in [1.82, 2.24) is 0 Å². The summed E-state index contributed by atoms with van der Waals surface area (Å²) in [5, 5.41) is 0. The average molecular weight is 247 g/mol. The normalized spacial score (nSPS) is 10.8. The van der Waals surface area contributed by atoms with Crippen molar-refractivity contribution in [1.29, 1.82) is 0 Å². The summed E-state index contributed by atoms with van der Waals surface area (Å²) < 4.78 is 4.69. The molecule has 0 fully saturated rings. The molecule has 1 rings (SSSR count). The van der Waals surface area contributed by atoms with Crippen LogP contribution in [0.25, 0.3) is 4.85 Å². The smallest absolute Gasteiger partial charge is 0.337 e. The van der Waals surface area contributed by atoms with Crippen molar-refractivity contribution in [2.45, 2.75) is 25.7 Å². The first-order valence-corrected chi connectivity index (χ1v) is 9.17. The number of ether oxygens (including phenoxy) is 1. The summed E-state index contributed by atoms with van der Waals surface area (Å²) in [5.41, 5.74) is 2.12. The van der Waals surface area contributed by atoms with Crippen molar-refractivity contribution >= 4 is 19.7 Å². The van der Waals surface area contributed by atoms with Gasteiger partial charge < -0.3 is 4.74 Å². The van der Waals surface area contributed by atoms with E-state index in [2.05, 4.69) is 29.2 Å². The van der Waals surface area contributed by atoms with Crippen molar-refractivity contribution in [2.24, 2.45) is 0 Å². The van der Waals surface area contributed by atoms with Gasteiger partial charge in [-0.05, 0) is 11.6 Å². The van der Waals surface area contributed by atoms with Crippen LogP contribution in [0.3, 0.4) is 0 Å². The number of esters is 1. The Balaban J connectivity index is 3.17. The number of nitrogens with zero attached hydrogens (tertiary/aromatic N) is 1. The molecule has 0 heterocycles. The number of rotatable bonds is 3. The molecule has 0 aliphatic carbocycles. The maximum Gasteiger partial charge on any atom is 0.337 e. The highest BCUT2D eigenvalue weighted by Crippen LogP contribution is 2.25. The van der Waals surface area contributed by atoms with Crippen LogP contribution in [-0.2, 0) is 10.8 Å². The molecule has 17 heavy (non-hydrogen) atoms. The van der Waals surface area contributed by atoms with E-state index in [1.807, 2.05) is 0 Å². The van der Waals surface area contributed by atoms with Crippen LogP contribution in [0.5, 0.6) is 0 Å². The molecular weight excluding hydrogens is 230 g/mol. The zero-order valence-electron chi connectivity index (χ0n) is 10.7. The van der Waals surface area contributed by atoms with Gasteiger partial charge in [-0.15, -0.1) is 0 Å². The molecular formula is C13H17NO2Si. The third-order valence-corrected chi connectivity index (χ3v) is 3.78. The van der Waals surface area contributed by atoms with Gasteiger partial charge in [0.25, 0.3) is 0 Å². The minimum Gasteiger partial charge on any atom is -0.465 e. The van der Waals surface area contributed by atoms with Crippen LogP contribution in [0, 0.1) is 6.57 Å². The lowest BCUT2D eigenvalue weighted by molar-refractivity contribution is 0.0600. The van der Waals surface area contributed by atoms with E-state index in [0.717, 1.165) is 11.6 Å². The molecule has 0 aliphatic rings. The average Bonchev–Trinajstić information content (AvgIpc) is 2.25. The molecule has 0 unspecified atom stereocenters. The van der Waals surface area contributed by atoms with Crippen LogP contribution in [0.4, 0.5) is 5.69 Å². The lowest BCUT2D eigenvalue weighted by atomic mass is 10.1. The van der Waals surface area contributed by atoms with Gasteiger partial charge in [0, 0.05) is 8.07 Å². The SMILES string of the molecule is [C-]#[N+]c1ccc(C(=O)OC)cc1C[Si](C)(C)C. The quantitative estimate of drug-likeness (QED) is 0.465. The standard InChI is InChI=1S/C13H17NO2Si/c1-14-12-7-6-10(13(15)16-2)8-11(12)9-17(3,4)5/h6-8H,9H2,2-5H3. The zero-order valence-corrected chi connectivity index (χ0v) is 11.7. The molecule has 0 N–H and O–H groups in total. The Bertz CT molecular complexity index is 469. The first-order valence-electron chi connectivity index (χ1n) is 5.46. The fourth-order valence-electron chi connectivity index (χ4n) is 1.65. The van der Waals surface area contributed by atoms with Crippen molar-refractivity contribution < 1.29 is 9.53 Å². The summed E-state index contributed by atoms with van der Waals surface area (Å²) in [5.74, 6) is -0.349. The summed E-state index contributed by atoms with van der Waals surface area (Å²) in [4.78, 5) is 14.9. The molecule has 0 saturated heterocycles. The maximum atomic E-state index is 11.4. The minimum atomic E-state index is -1.31. The van der Waals surface area contributed by atoms with Gasteiger partial charge in [-0.25, -0.2) is 9.64 Å². The summed E-state index contributed by atoms with van der Waals surface area (Å²) >= 11 is 0. The largest absolute Gasteiger partial charge is 0.465 e. The highest BCUT2D eigenvalue weighted by Gasteiger charge is 2.18. The second-order valence-corrected chi connectivity index (χ2v) is 10.7. The van der Waals surface area contributed by atoms with Gasteiger partial charge in [-0.2, -0.15) is 0 Å². The molecule has 0 aromatic heterocycles. The Kier molecular flexibility index (Phi) is 4.08. The molecule has 3 nitrogen and oxygen atoms in total. The molecule has 4 heteroatoms. The molecule has 90 valence electrons. The van der Waals surface area contributed by atoms with E-state index in [4.69, 9.17) is 6.57 Å². The fraction of sp³-hybridized carbons (Fsp3) is 0.385. The fourth-order valence-corrected chi connectivity index (χ4v) is 3.08. The van der Waals surface area contributed by atoms with E-state index >= 15 is 0 Å². The van der Waals surface area contributed by atoms with Gasteiger partial charge >= 0.3 is 5.97 Å². The number of hydrogen-bond donors (Lipinski definition) is 0. The van der Waals surface area contributed by atoms with Gasteiger partial charge in [0.1, 0.15) is 0 Å². The minimum absolute atomic E-state index is 0.349. The van der Waals surface area contributed by atoms with Crippen LogP contribution in [0.1, 0.15) is 15.9 Å². The van der Waals surface area contributed by atoms with E-state index in [0.29, 0.717) is 11.3 Å². The second kappa shape index (κ2) is 5.15. The first kappa shape index (κ1) is 13.5. The van der Waals surface area contributed by atoms with Gasteiger partial charge in [-0.3, -0.25) is 0 Å². The first-order chi connectivity index (χ1) is 7.87. The van der Waals surface area contributed by atoms with E-state index in [1.165, 1.54) is 7.11 Å². The number of methoxy groups -OCH3 is 1. The number of carbonyl (C=O) groups is 1. The third kappa shape index (κ3) is 3.72. The van der Waals surface area contributed by atoms with E-state index in [-0.39, 0.29) is 5.97 Å². The molecule has 0 radical (unpaired) electrons. The molecule has 0 amide bonds. The van der Waals surface area contributed by atoms with Crippen LogP contribution in [-0.4, -0.2) is 21.2 Å². The van der Waals surface area contributed by atoms with E-state index in [1.54, 1.807) is 18.2 Å². The maximum absolute atomic E-state index is 11.4. The molecule has 0 saturated carbocycles. The highest BCUT2D eigenvalue weighted by molar-refractivity contribution is 6.75. The lowest BCUT2D eigenvalue weighted by Crippen LogP contribution is -2.24. The summed E-state index contributed by atoms with van der Waals surface area (Å²) in [6, 6.07) is 6.04. The van der Waals surface area contributed by atoms with Crippen LogP contribution < -0.4 is 0 Å². The summed E-state index contributed by atoms with van der Waals surface area (Å²) in [6.45, 7) is 13.9. The van der Waals surface area contributed by atoms with E-state index < -0.39 is 8.07 Å². The van der Waals surface area contributed by atoms with Crippen molar-refractivity contribution in [3.05, 3.63) is 40.7 Å². The molecule has 1 aromatic carbocycles. The molecule has 0 atom stereocenters. The number of hydrogen-bond acceptors (Lipinski definition) is 2. The van der Waals surface area contributed by atoms with Gasteiger partial charge in [-0.1, -0.05) is 37.8 Å². The monoisotopic (exact) mass is 247 g/mol. The van der Waals surface area contributed by atoms with Crippen molar-refractivity contribution in [2.75, 3.05) is 7.11 Å². The van der Waals surface area contributed by atoms with Crippen LogP contribution >= 0.6 is 0 Å². The van der Waals surface area contributed by atoms with Crippen molar-refractivity contribution in [3.8, 4) is 0 Å². The molecule has 0 bridgehead atoms. The summed E-state index contributed by atoms with van der Waals surface area (Å²) in [7, 11) is 0.0553. The molecule has 0 spiro atoms. The Morgan fingerprint density at radius 1 is 1.41 bits per heavy atom. The molecule has 0 aliphatic heterocycles. The lowest BCUT2D eigenvalue weighted by Gasteiger charge is -2.17. The second-order valence-electron chi connectivity index (χ2n) is 5.18. The number of carbonyl (C=O) groups excluding carboxylic acids is 1. The topological polar surface area (TPSA) is 30.7 Å². The zero-order chi connectivity index (χ0) is 13.1. The van der Waals surface area contributed by atoms with Crippen molar-refractivity contribution in [3.63, 3.8) is 0 Å². The Morgan fingerprint density at radius 2 is 2.06 bits per heavy atom. The highest BCUT2D eigenvalue weighted by atomic mass is 28.3. The Labute approximate surface area is 103 Å². The Hall–Kier alpha value is -1.60. The predicted molar refractivity (Wildman–Crippen MR) is 71.1 cm³/mol. The number of benzene rings is 1. The Morgan fingerprint density at radius 3 is 2.53 bits per heavy atom.